The molecular formula is C15H9NO3S2. The lowest BCUT2D eigenvalue weighted by molar-refractivity contribution is 0.101. The molecule has 1 amide bonds. The van der Waals surface area contributed by atoms with Crippen LogP contribution in [0, 0.1) is 0 Å². The molecule has 1 aliphatic heterocycles. The minimum absolute atomic E-state index is 0.0743. The SMILES string of the molecule is O=C1c2ccccc2S(=O)(=O)N1c1csc2ccccc12. The maximum absolute atomic E-state index is 12.6. The summed E-state index contributed by atoms with van der Waals surface area (Å²) in [4.78, 5) is 12.6. The van der Waals surface area contributed by atoms with E-state index in [1.807, 2.05) is 24.3 Å². The summed E-state index contributed by atoms with van der Waals surface area (Å²) in [6.07, 6.45) is 0. The van der Waals surface area contributed by atoms with E-state index in [0.29, 0.717) is 5.69 Å². The minimum atomic E-state index is -3.82. The van der Waals surface area contributed by atoms with Crippen LogP contribution in [0.1, 0.15) is 10.4 Å². The molecule has 4 rings (SSSR count). The molecule has 0 atom stereocenters. The number of nitrogens with zero attached hydrogens (tertiary/aromatic N) is 1. The molecule has 0 aliphatic carbocycles. The molecule has 104 valence electrons. The van der Waals surface area contributed by atoms with Crippen LogP contribution in [0.25, 0.3) is 10.1 Å². The second-order valence-electron chi connectivity index (χ2n) is 4.69. The van der Waals surface area contributed by atoms with E-state index in [4.69, 9.17) is 0 Å². The van der Waals surface area contributed by atoms with Gasteiger partial charge in [-0.3, -0.25) is 4.79 Å². The number of benzene rings is 2. The third-order valence-corrected chi connectivity index (χ3v) is 6.21. The Balaban J connectivity index is 2.01. The smallest absolute Gasteiger partial charge is 0.268 e. The summed E-state index contributed by atoms with van der Waals surface area (Å²) < 4.78 is 27.2. The lowest BCUT2D eigenvalue weighted by Gasteiger charge is -2.13. The van der Waals surface area contributed by atoms with Crippen molar-refractivity contribution in [1.82, 2.24) is 0 Å². The molecule has 0 N–H and O–H groups in total. The highest BCUT2D eigenvalue weighted by Crippen LogP contribution is 2.40. The highest BCUT2D eigenvalue weighted by Gasteiger charge is 2.42. The maximum atomic E-state index is 12.6. The van der Waals surface area contributed by atoms with Crippen LogP contribution < -0.4 is 4.31 Å². The summed E-state index contributed by atoms with van der Waals surface area (Å²) in [5, 5.41) is 2.48. The number of thiophene rings is 1. The number of amides is 1. The van der Waals surface area contributed by atoms with E-state index in [-0.39, 0.29) is 10.5 Å². The van der Waals surface area contributed by atoms with Gasteiger partial charge in [0.05, 0.1) is 11.3 Å². The van der Waals surface area contributed by atoms with E-state index >= 15 is 0 Å². The molecule has 0 unspecified atom stereocenters. The van der Waals surface area contributed by atoms with Crippen LogP contribution in [0.5, 0.6) is 0 Å². The van der Waals surface area contributed by atoms with Gasteiger partial charge in [-0.2, -0.15) is 4.31 Å². The fourth-order valence-electron chi connectivity index (χ4n) is 2.55. The van der Waals surface area contributed by atoms with Gasteiger partial charge < -0.3 is 0 Å². The first-order valence-electron chi connectivity index (χ1n) is 6.25. The Bertz CT molecular complexity index is 989. The van der Waals surface area contributed by atoms with E-state index < -0.39 is 15.9 Å². The number of hydrogen-bond acceptors (Lipinski definition) is 4. The summed E-state index contributed by atoms with van der Waals surface area (Å²) in [6, 6.07) is 13.8. The lowest BCUT2D eigenvalue weighted by atomic mass is 10.2. The lowest BCUT2D eigenvalue weighted by Crippen LogP contribution is -2.29. The number of carbonyl (C=O) groups excluding carboxylic acids is 1. The topological polar surface area (TPSA) is 54.5 Å². The highest BCUT2D eigenvalue weighted by molar-refractivity contribution is 7.94. The monoisotopic (exact) mass is 315 g/mol. The first kappa shape index (κ1) is 12.6. The Morgan fingerprint density at radius 2 is 1.67 bits per heavy atom. The molecule has 4 nitrogen and oxygen atoms in total. The molecule has 6 heteroatoms. The average molecular weight is 315 g/mol. The van der Waals surface area contributed by atoms with Gasteiger partial charge in [0.1, 0.15) is 4.90 Å². The van der Waals surface area contributed by atoms with Gasteiger partial charge >= 0.3 is 0 Å². The molecule has 0 bridgehead atoms. The predicted octanol–water partition coefficient (Wildman–Crippen LogP) is 3.25. The first-order valence-corrected chi connectivity index (χ1v) is 8.57. The Morgan fingerprint density at radius 3 is 2.48 bits per heavy atom. The largest absolute Gasteiger partial charge is 0.273 e. The van der Waals surface area contributed by atoms with E-state index in [1.54, 1.807) is 23.6 Å². The number of fused-ring (bicyclic) bond motifs is 2. The molecule has 21 heavy (non-hydrogen) atoms. The Labute approximate surface area is 125 Å². The molecule has 3 aromatic rings. The van der Waals surface area contributed by atoms with Gasteiger partial charge in [0, 0.05) is 15.5 Å². The van der Waals surface area contributed by atoms with Crippen molar-refractivity contribution in [1.29, 1.82) is 0 Å². The van der Waals surface area contributed by atoms with Crippen LogP contribution >= 0.6 is 11.3 Å². The summed E-state index contributed by atoms with van der Waals surface area (Å²) >= 11 is 1.42. The van der Waals surface area contributed by atoms with Crippen molar-refractivity contribution in [3.63, 3.8) is 0 Å². The first-order chi connectivity index (χ1) is 10.1. The van der Waals surface area contributed by atoms with Gasteiger partial charge in [-0.15, -0.1) is 11.3 Å². The molecule has 1 aromatic heterocycles. The molecule has 0 saturated carbocycles. The third kappa shape index (κ3) is 1.60. The molecule has 2 heterocycles. The van der Waals surface area contributed by atoms with E-state index in [2.05, 4.69) is 0 Å². The van der Waals surface area contributed by atoms with Crippen LogP contribution in [-0.2, 0) is 10.0 Å². The van der Waals surface area contributed by atoms with Crippen molar-refractivity contribution in [2.75, 3.05) is 4.31 Å². The van der Waals surface area contributed by atoms with Crippen LogP contribution in [0.15, 0.2) is 58.8 Å². The average Bonchev–Trinajstić information content (AvgIpc) is 2.98. The normalized spacial score (nSPS) is 16.4. The Kier molecular flexibility index (Phi) is 2.49. The zero-order valence-corrected chi connectivity index (χ0v) is 12.3. The molecule has 0 fully saturated rings. The highest BCUT2D eigenvalue weighted by atomic mass is 32.2. The second-order valence-corrected chi connectivity index (χ2v) is 7.35. The van der Waals surface area contributed by atoms with Gasteiger partial charge in [-0.1, -0.05) is 30.3 Å². The zero-order chi connectivity index (χ0) is 14.6. The van der Waals surface area contributed by atoms with Gasteiger partial charge in [-0.25, -0.2) is 8.42 Å². The van der Waals surface area contributed by atoms with Crippen LogP contribution in [0.3, 0.4) is 0 Å². The quantitative estimate of drug-likeness (QED) is 0.692. The van der Waals surface area contributed by atoms with Gasteiger partial charge in [0.25, 0.3) is 15.9 Å². The third-order valence-electron chi connectivity index (χ3n) is 3.50. The van der Waals surface area contributed by atoms with E-state index in [1.165, 1.54) is 17.4 Å². The van der Waals surface area contributed by atoms with Crippen molar-refractivity contribution in [3.8, 4) is 0 Å². The van der Waals surface area contributed by atoms with Crippen molar-refractivity contribution in [2.24, 2.45) is 0 Å². The Hall–Kier alpha value is -2.18. The Morgan fingerprint density at radius 1 is 0.952 bits per heavy atom. The number of carbonyl (C=O) groups is 1. The fourth-order valence-corrected chi connectivity index (χ4v) is 5.15. The van der Waals surface area contributed by atoms with Crippen molar-refractivity contribution >= 4 is 43.0 Å². The number of anilines is 1. The summed E-state index contributed by atoms with van der Waals surface area (Å²) in [5.41, 5.74) is 0.657. The molecule has 0 spiro atoms. The van der Waals surface area contributed by atoms with Crippen molar-refractivity contribution < 1.29 is 13.2 Å². The van der Waals surface area contributed by atoms with Crippen LogP contribution in [0.4, 0.5) is 5.69 Å². The van der Waals surface area contributed by atoms with E-state index in [9.17, 15) is 13.2 Å². The summed E-state index contributed by atoms with van der Waals surface area (Å²) in [7, 11) is -3.82. The molecular weight excluding hydrogens is 306 g/mol. The maximum Gasteiger partial charge on any atom is 0.273 e. The number of sulfonamides is 1. The van der Waals surface area contributed by atoms with Crippen molar-refractivity contribution in [2.45, 2.75) is 4.90 Å². The van der Waals surface area contributed by atoms with Crippen LogP contribution in [-0.4, -0.2) is 14.3 Å². The molecule has 0 radical (unpaired) electrons. The van der Waals surface area contributed by atoms with Gasteiger partial charge in [0.2, 0.25) is 0 Å². The van der Waals surface area contributed by atoms with E-state index in [0.717, 1.165) is 14.4 Å². The standard InChI is InChI=1S/C15H9NO3S2/c17-15-11-6-2-4-8-14(11)21(18,19)16(15)12-9-20-13-7-3-1-5-10(12)13/h1-9H. The van der Waals surface area contributed by atoms with Crippen LogP contribution in [0.2, 0.25) is 0 Å². The zero-order valence-electron chi connectivity index (χ0n) is 10.7. The molecule has 1 aliphatic rings. The summed E-state index contributed by atoms with van der Waals surface area (Å²) in [5.74, 6) is -0.492. The second kappa shape index (κ2) is 4.16. The van der Waals surface area contributed by atoms with Gasteiger partial charge in [0.15, 0.2) is 0 Å². The number of rotatable bonds is 1. The fraction of sp³-hybridized carbons (Fsp3) is 0. The minimum Gasteiger partial charge on any atom is -0.268 e. The molecule has 0 saturated heterocycles. The van der Waals surface area contributed by atoms with Crippen molar-refractivity contribution in [3.05, 3.63) is 59.5 Å². The van der Waals surface area contributed by atoms with Gasteiger partial charge in [-0.05, 0) is 18.2 Å². The molecule has 2 aromatic carbocycles. The summed E-state index contributed by atoms with van der Waals surface area (Å²) in [6.45, 7) is 0. The number of hydrogen-bond donors (Lipinski definition) is 0. The predicted molar refractivity (Wildman–Crippen MR) is 82.3 cm³/mol.